The number of halogens is 1. The van der Waals surface area contributed by atoms with Crippen molar-refractivity contribution in [2.75, 3.05) is 0 Å². The minimum Gasteiger partial charge on any atom is -0.338 e. The molecule has 4 rings (SSSR count). The van der Waals surface area contributed by atoms with E-state index >= 15 is 0 Å². The van der Waals surface area contributed by atoms with E-state index in [9.17, 15) is 4.79 Å². The van der Waals surface area contributed by atoms with E-state index in [4.69, 9.17) is 0 Å². The van der Waals surface area contributed by atoms with Gasteiger partial charge in [0.05, 0.1) is 6.17 Å². The zero-order valence-corrected chi connectivity index (χ0v) is 14.9. The minimum absolute atomic E-state index is 0.00161. The van der Waals surface area contributed by atoms with E-state index in [0.717, 1.165) is 31.2 Å². The third-order valence-corrected chi connectivity index (χ3v) is 6.13. The zero-order valence-electron chi connectivity index (χ0n) is 13.3. The van der Waals surface area contributed by atoms with Gasteiger partial charge in [-0.2, -0.15) is 0 Å². The van der Waals surface area contributed by atoms with E-state index in [0.29, 0.717) is 16.8 Å². The Kier molecular flexibility index (Phi) is 4.82. The summed E-state index contributed by atoms with van der Waals surface area (Å²) in [6, 6.07) is 4.24. The van der Waals surface area contributed by atoms with Gasteiger partial charge in [0, 0.05) is 35.2 Å². The van der Waals surface area contributed by atoms with Crippen LogP contribution in [0, 0.1) is 5.92 Å². The first-order valence-electron chi connectivity index (χ1n) is 8.57. The molecule has 0 spiro atoms. The highest BCUT2D eigenvalue weighted by Crippen LogP contribution is 2.33. The third kappa shape index (κ3) is 3.34. The molecule has 0 bridgehead atoms. The van der Waals surface area contributed by atoms with Crippen molar-refractivity contribution in [2.45, 2.75) is 54.8 Å². The van der Waals surface area contributed by atoms with Crippen molar-refractivity contribution >= 4 is 21.8 Å². The van der Waals surface area contributed by atoms with E-state index < -0.39 is 0 Å². The highest BCUT2D eigenvalue weighted by Gasteiger charge is 2.41. The fraction of sp³-hybridized carbons (Fsp3) is 0.625. The summed E-state index contributed by atoms with van der Waals surface area (Å²) in [5.41, 5.74) is 14.0. The number of hydrazine groups is 2. The minimum atomic E-state index is -0.233. The number of alkyl halides is 1. The maximum Gasteiger partial charge on any atom is 0.239 e. The molecule has 1 saturated carbocycles. The summed E-state index contributed by atoms with van der Waals surface area (Å²) in [7, 11) is 0. The Morgan fingerprint density at radius 2 is 2.12 bits per heavy atom. The molecule has 1 aromatic rings. The molecule has 130 valence electrons. The predicted octanol–water partition coefficient (Wildman–Crippen LogP) is 0.471. The molecule has 2 saturated heterocycles. The van der Waals surface area contributed by atoms with Gasteiger partial charge in [-0.1, -0.05) is 22.0 Å². The quantitative estimate of drug-likeness (QED) is 0.479. The van der Waals surface area contributed by atoms with Crippen molar-refractivity contribution in [1.29, 1.82) is 0 Å². The van der Waals surface area contributed by atoms with E-state index in [1.807, 2.05) is 18.3 Å². The number of fused-ring (bicyclic) bond motifs is 1. The van der Waals surface area contributed by atoms with Crippen LogP contribution in [0.15, 0.2) is 24.5 Å². The van der Waals surface area contributed by atoms with Crippen LogP contribution in [-0.2, 0) is 4.79 Å². The Morgan fingerprint density at radius 1 is 1.21 bits per heavy atom. The second-order valence-electron chi connectivity index (χ2n) is 6.87. The molecular weight excluding hydrogens is 372 g/mol. The molecule has 6 unspecified atom stereocenters. The number of hydrogen-bond donors (Lipinski definition) is 5. The SMILES string of the molecule is O=C(NC1NNC2CC(Br)CCC21)C1CC(c2cccnc2)NN1. The van der Waals surface area contributed by atoms with E-state index in [1.165, 1.54) is 0 Å². The van der Waals surface area contributed by atoms with Crippen LogP contribution in [0.4, 0.5) is 0 Å². The number of nitrogens with zero attached hydrogens (tertiary/aromatic N) is 1. The summed E-state index contributed by atoms with van der Waals surface area (Å²) in [4.78, 5) is 17.3. The summed E-state index contributed by atoms with van der Waals surface area (Å²) >= 11 is 3.70. The molecule has 1 aliphatic carbocycles. The van der Waals surface area contributed by atoms with E-state index in [1.54, 1.807) is 6.20 Å². The van der Waals surface area contributed by atoms with Gasteiger partial charge in [-0.25, -0.2) is 16.3 Å². The molecule has 0 radical (unpaired) electrons. The fourth-order valence-electron chi connectivity index (χ4n) is 3.94. The summed E-state index contributed by atoms with van der Waals surface area (Å²) in [6.07, 6.45) is 7.68. The van der Waals surface area contributed by atoms with Crippen LogP contribution in [0.3, 0.4) is 0 Å². The molecule has 1 aromatic heterocycles. The van der Waals surface area contributed by atoms with Gasteiger partial charge >= 0.3 is 0 Å². The number of aromatic nitrogens is 1. The van der Waals surface area contributed by atoms with Gasteiger partial charge in [0.1, 0.15) is 6.04 Å². The molecule has 3 heterocycles. The largest absolute Gasteiger partial charge is 0.338 e. The first-order valence-corrected chi connectivity index (χ1v) is 9.49. The molecule has 0 aromatic carbocycles. The fourth-order valence-corrected chi connectivity index (χ4v) is 4.60. The summed E-state index contributed by atoms with van der Waals surface area (Å²) < 4.78 is 0. The number of nitrogens with one attached hydrogen (secondary N) is 5. The number of rotatable bonds is 3. The van der Waals surface area contributed by atoms with Crippen molar-refractivity contribution in [3.63, 3.8) is 0 Å². The van der Waals surface area contributed by atoms with E-state index in [-0.39, 0.29) is 24.2 Å². The highest BCUT2D eigenvalue weighted by atomic mass is 79.9. The lowest BCUT2D eigenvalue weighted by Crippen LogP contribution is -2.53. The molecule has 3 fully saturated rings. The molecule has 24 heavy (non-hydrogen) atoms. The van der Waals surface area contributed by atoms with Gasteiger partial charge in [0.15, 0.2) is 0 Å². The first-order chi connectivity index (χ1) is 11.7. The van der Waals surface area contributed by atoms with Crippen molar-refractivity contribution in [1.82, 2.24) is 32.0 Å². The average molecular weight is 395 g/mol. The molecule has 3 aliphatic rings. The Hall–Kier alpha value is -1.06. The van der Waals surface area contributed by atoms with E-state index in [2.05, 4.69) is 47.9 Å². The zero-order chi connectivity index (χ0) is 16.5. The number of amides is 1. The molecule has 1 amide bonds. The second kappa shape index (κ2) is 7.05. The first kappa shape index (κ1) is 16.4. The van der Waals surface area contributed by atoms with Gasteiger partial charge < -0.3 is 5.32 Å². The van der Waals surface area contributed by atoms with Crippen LogP contribution in [-0.4, -0.2) is 34.0 Å². The Morgan fingerprint density at radius 3 is 2.96 bits per heavy atom. The second-order valence-corrected chi connectivity index (χ2v) is 8.17. The lowest BCUT2D eigenvalue weighted by atomic mass is 9.84. The smallest absolute Gasteiger partial charge is 0.239 e. The van der Waals surface area contributed by atoms with Crippen molar-refractivity contribution < 1.29 is 4.79 Å². The molecular formula is C16H23BrN6O. The molecule has 8 heteroatoms. The molecule has 5 N–H and O–H groups in total. The average Bonchev–Trinajstić information content (AvgIpc) is 3.23. The lowest BCUT2D eigenvalue weighted by Gasteiger charge is -2.30. The Bertz CT molecular complexity index is 587. The molecule has 7 nitrogen and oxygen atoms in total. The topological polar surface area (TPSA) is 90.1 Å². The van der Waals surface area contributed by atoms with Gasteiger partial charge in [0.2, 0.25) is 5.91 Å². The van der Waals surface area contributed by atoms with Gasteiger partial charge in [-0.05, 0) is 37.3 Å². The number of pyridine rings is 1. The normalized spacial score (nSPS) is 38.7. The summed E-state index contributed by atoms with van der Waals surface area (Å²) in [5.74, 6) is 0.487. The lowest BCUT2D eigenvalue weighted by molar-refractivity contribution is -0.124. The van der Waals surface area contributed by atoms with Gasteiger partial charge in [-0.3, -0.25) is 15.2 Å². The standard InChI is InChI=1S/C16H23BrN6O/c17-10-3-4-11-13(6-10)21-23-15(11)19-16(24)14-7-12(20-22-14)9-2-1-5-18-8-9/h1-2,5,8,10-15,20-23H,3-4,6-7H2,(H,19,24). The van der Waals surface area contributed by atoms with Crippen molar-refractivity contribution in [2.24, 2.45) is 5.92 Å². The molecule has 2 aliphatic heterocycles. The number of carbonyl (C=O) groups excluding carboxylic acids is 1. The van der Waals surface area contributed by atoms with Gasteiger partial charge in [-0.15, -0.1) is 0 Å². The Balaban J connectivity index is 1.33. The third-order valence-electron chi connectivity index (χ3n) is 5.30. The predicted molar refractivity (Wildman–Crippen MR) is 93.7 cm³/mol. The monoisotopic (exact) mass is 394 g/mol. The summed E-state index contributed by atoms with van der Waals surface area (Å²) in [6.45, 7) is 0. The molecule has 6 atom stereocenters. The summed E-state index contributed by atoms with van der Waals surface area (Å²) in [5, 5.41) is 3.16. The maximum absolute atomic E-state index is 12.6. The number of carbonyl (C=O) groups is 1. The van der Waals surface area contributed by atoms with Crippen molar-refractivity contribution in [3.05, 3.63) is 30.1 Å². The van der Waals surface area contributed by atoms with Crippen LogP contribution < -0.4 is 27.0 Å². The van der Waals surface area contributed by atoms with Gasteiger partial charge in [0.25, 0.3) is 0 Å². The van der Waals surface area contributed by atoms with Crippen LogP contribution in [0.5, 0.6) is 0 Å². The van der Waals surface area contributed by atoms with Crippen LogP contribution in [0.1, 0.15) is 37.3 Å². The number of hydrogen-bond acceptors (Lipinski definition) is 6. The highest BCUT2D eigenvalue weighted by molar-refractivity contribution is 9.09. The maximum atomic E-state index is 12.6. The van der Waals surface area contributed by atoms with Crippen LogP contribution in [0.25, 0.3) is 0 Å². The van der Waals surface area contributed by atoms with Crippen LogP contribution in [0.2, 0.25) is 0 Å². The van der Waals surface area contributed by atoms with Crippen LogP contribution >= 0.6 is 15.9 Å². The Labute approximate surface area is 149 Å². The van der Waals surface area contributed by atoms with Crippen molar-refractivity contribution in [3.8, 4) is 0 Å².